The van der Waals surface area contributed by atoms with Crippen molar-refractivity contribution in [3.8, 4) is 0 Å². The first kappa shape index (κ1) is 14.7. The number of halogens is 1. The third-order valence-electron chi connectivity index (χ3n) is 4.10. The first-order valence-electron chi connectivity index (χ1n) is 6.68. The van der Waals surface area contributed by atoms with Gasteiger partial charge in [0.05, 0.1) is 5.83 Å². The molecular weight excluding hydrogens is 215 g/mol. The highest BCUT2D eigenvalue weighted by Crippen LogP contribution is 2.49. The molecule has 0 aromatic carbocycles. The maximum absolute atomic E-state index is 12.8. The molecule has 1 saturated carbocycles. The summed E-state index contributed by atoms with van der Waals surface area (Å²) >= 11 is 0. The van der Waals surface area contributed by atoms with Crippen LogP contribution in [0.2, 0.25) is 0 Å². The van der Waals surface area contributed by atoms with Crippen molar-refractivity contribution in [2.45, 2.75) is 64.5 Å². The van der Waals surface area contributed by atoms with E-state index in [1.54, 1.807) is 0 Å². The largest absolute Gasteiger partial charge is 0.328 e. The lowest BCUT2D eigenvalue weighted by Gasteiger charge is -2.27. The van der Waals surface area contributed by atoms with E-state index in [4.69, 9.17) is 11.5 Å². The number of nitrogens with two attached hydrogens (primary N) is 2. The Bertz CT molecular complexity index is 259. The SMILES string of the molecule is C=C(F)C[C@@H](N)[C@H](CCCC1(C)CC1)[C@H](C)N. The lowest BCUT2D eigenvalue weighted by molar-refractivity contribution is 0.307. The quantitative estimate of drug-likeness (QED) is 0.687. The highest BCUT2D eigenvalue weighted by Gasteiger charge is 2.36. The van der Waals surface area contributed by atoms with Crippen molar-refractivity contribution in [1.29, 1.82) is 0 Å². The molecule has 1 rings (SSSR count). The standard InChI is InChI=1S/C14H27FN2/c1-10(15)9-13(17)12(11(2)16)5-4-6-14(3)7-8-14/h11-13H,1,4-9,16-17H2,2-3H3/t11-,12+,13+/m0/s1. The van der Waals surface area contributed by atoms with Crippen LogP contribution >= 0.6 is 0 Å². The minimum atomic E-state index is -0.336. The van der Waals surface area contributed by atoms with E-state index in [1.807, 2.05) is 6.92 Å². The maximum atomic E-state index is 12.8. The molecule has 0 spiro atoms. The van der Waals surface area contributed by atoms with Gasteiger partial charge in [-0.25, -0.2) is 4.39 Å². The lowest BCUT2D eigenvalue weighted by Crippen LogP contribution is -2.41. The van der Waals surface area contributed by atoms with Gasteiger partial charge >= 0.3 is 0 Å². The van der Waals surface area contributed by atoms with Gasteiger partial charge in [0.1, 0.15) is 0 Å². The third-order valence-corrected chi connectivity index (χ3v) is 4.10. The van der Waals surface area contributed by atoms with Crippen molar-refractivity contribution >= 4 is 0 Å². The van der Waals surface area contributed by atoms with Crippen LogP contribution in [0.15, 0.2) is 12.4 Å². The van der Waals surface area contributed by atoms with Crippen LogP contribution in [-0.4, -0.2) is 12.1 Å². The van der Waals surface area contributed by atoms with Crippen molar-refractivity contribution in [3.63, 3.8) is 0 Å². The summed E-state index contributed by atoms with van der Waals surface area (Å²) in [6.45, 7) is 7.57. The first-order chi connectivity index (χ1) is 7.84. The summed E-state index contributed by atoms with van der Waals surface area (Å²) in [5.41, 5.74) is 12.5. The Hall–Kier alpha value is -0.410. The minimum absolute atomic E-state index is 0.0244. The Morgan fingerprint density at radius 2 is 2.00 bits per heavy atom. The molecule has 2 nitrogen and oxygen atoms in total. The van der Waals surface area contributed by atoms with Crippen LogP contribution in [0.3, 0.4) is 0 Å². The van der Waals surface area contributed by atoms with E-state index in [2.05, 4.69) is 13.5 Å². The molecule has 0 bridgehead atoms. The van der Waals surface area contributed by atoms with Crippen molar-refractivity contribution < 1.29 is 4.39 Å². The van der Waals surface area contributed by atoms with Gasteiger partial charge in [-0.3, -0.25) is 0 Å². The van der Waals surface area contributed by atoms with Crippen LogP contribution < -0.4 is 11.5 Å². The summed E-state index contributed by atoms with van der Waals surface area (Å²) in [7, 11) is 0. The summed E-state index contributed by atoms with van der Waals surface area (Å²) in [5.74, 6) is -0.137. The molecule has 1 aliphatic carbocycles. The molecule has 1 aliphatic rings. The van der Waals surface area contributed by atoms with Gasteiger partial charge in [-0.1, -0.05) is 19.9 Å². The van der Waals surface area contributed by atoms with Gasteiger partial charge in [-0.05, 0) is 43.9 Å². The van der Waals surface area contributed by atoms with Crippen LogP contribution in [0.5, 0.6) is 0 Å². The molecule has 3 atom stereocenters. The fourth-order valence-electron chi connectivity index (χ4n) is 2.50. The molecule has 1 fully saturated rings. The number of hydrogen-bond donors (Lipinski definition) is 2. The molecule has 0 saturated heterocycles. The van der Waals surface area contributed by atoms with Crippen molar-refractivity contribution in [1.82, 2.24) is 0 Å². The highest BCUT2D eigenvalue weighted by molar-refractivity contribution is 4.92. The van der Waals surface area contributed by atoms with E-state index < -0.39 is 0 Å². The van der Waals surface area contributed by atoms with Gasteiger partial charge < -0.3 is 11.5 Å². The molecule has 0 aromatic heterocycles. The Balaban J connectivity index is 2.33. The second-order valence-corrected chi connectivity index (χ2v) is 6.11. The Morgan fingerprint density at radius 1 is 1.41 bits per heavy atom. The molecule has 17 heavy (non-hydrogen) atoms. The average Bonchev–Trinajstić information content (AvgIpc) is 2.89. The molecule has 0 amide bonds. The molecule has 0 aromatic rings. The van der Waals surface area contributed by atoms with Gasteiger partial charge in [0.2, 0.25) is 0 Å². The maximum Gasteiger partial charge on any atom is 0.0943 e. The zero-order valence-corrected chi connectivity index (χ0v) is 11.2. The predicted molar refractivity (Wildman–Crippen MR) is 71.2 cm³/mol. The zero-order valence-electron chi connectivity index (χ0n) is 11.2. The van der Waals surface area contributed by atoms with Gasteiger partial charge in [0, 0.05) is 18.5 Å². The normalized spacial score (nSPS) is 22.9. The minimum Gasteiger partial charge on any atom is -0.328 e. The van der Waals surface area contributed by atoms with Crippen LogP contribution in [-0.2, 0) is 0 Å². The summed E-state index contributed by atoms with van der Waals surface area (Å²) in [6.07, 6.45) is 6.34. The summed E-state index contributed by atoms with van der Waals surface area (Å²) in [5, 5.41) is 0. The molecule has 0 unspecified atom stereocenters. The average molecular weight is 242 g/mol. The molecule has 3 heteroatoms. The molecule has 0 aliphatic heterocycles. The fraction of sp³-hybridized carbons (Fsp3) is 0.857. The van der Waals surface area contributed by atoms with E-state index in [-0.39, 0.29) is 30.2 Å². The van der Waals surface area contributed by atoms with Crippen LogP contribution in [0.4, 0.5) is 4.39 Å². The van der Waals surface area contributed by atoms with Crippen LogP contribution in [0, 0.1) is 11.3 Å². The van der Waals surface area contributed by atoms with Gasteiger partial charge in [0.25, 0.3) is 0 Å². The topological polar surface area (TPSA) is 52.0 Å². The second kappa shape index (κ2) is 5.96. The fourth-order valence-corrected chi connectivity index (χ4v) is 2.50. The molecule has 100 valence electrons. The van der Waals surface area contributed by atoms with E-state index >= 15 is 0 Å². The van der Waals surface area contributed by atoms with Gasteiger partial charge in [0.15, 0.2) is 0 Å². The molecule has 0 radical (unpaired) electrons. The smallest absolute Gasteiger partial charge is 0.0943 e. The summed E-state index contributed by atoms with van der Waals surface area (Å²) in [4.78, 5) is 0. The first-order valence-corrected chi connectivity index (χ1v) is 6.68. The van der Waals surface area contributed by atoms with Gasteiger partial charge in [-0.15, -0.1) is 0 Å². The van der Waals surface area contributed by atoms with Crippen molar-refractivity contribution in [3.05, 3.63) is 12.4 Å². The van der Waals surface area contributed by atoms with Gasteiger partial charge in [-0.2, -0.15) is 0 Å². The Kier molecular flexibility index (Phi) is 5.14. The van der Waals surface area contributed by atoms with Crippen molar-refractivity contribution in [2.24, 2.45) is 22.8 Å². The summed E-state index contributed by atoms with van der Waals surface area (Å²) < 4.78 is 12.8. The third kappa shape index (κ3) is 5.17. The van der Waals surface area contributed by atoms with E-state index in [0.717, 1.165) is 12.8 Å². The van der Waals surface area contributed by atoms with Crippen molar-refractivity contribution in [2.75, 3.05) is 0 Å². The highest BCUT2D eigenvalue weighted by atomic mass is 19.1. The number of hydrogen-bond acceptors (Lipinski definition) is 2. The van der Waals surface area contributed by atoms with Crippen LogP contribution in [0.1, 0.15) is 52.4 Å². The van der Waals surface area contributed by atoms with E-state index in [0.29, 0.717) is 5.41 Å². The Labute approximate surface area is 105 Å². The number of rotatable bonds is 8. The molecular formula is C14H27FN2. The lowest BCUT2D eigenvalue weighted by atomic mass is 9.85. The van der Waals surface area contributed by atoms with E-state index in [9.17, 15) is 4.39 Å². The van der Waals surface area contributed by atoms with E-state index in [1.165, 1.54) is 19.3 Å². The zero-order chi connectivity index (χ0) is 13.1. The molecule has 0 heterocycles. The predicted octanol–water partition coefficient (Wildman–Crippen LogP) is 3.12. The van der Waals surface area contributed by atoms with Crippen LogP contribution in [0.25, 0.3) is 0 Å². The Morgan fingerprint density at radius 3 is 2.41 bits per heavy atom. The molecule has 4 N–H and O–H groups in total. The second-order valence-electron chi connectivity index (χ2n) is 6.11. The monoisotopic (exact) mass is 242 g/mol. The summed E-state index contributed by atoms with van der Waals surface area (Å²) in [6, 6.07) is -0.170.